The zero-order valence-corrected chi connectivity index (χ0v) is 10.7. The summed E-state index contributed by atoms with van der Waals surface area (Å²) in [7, 11) is 0. The van der Waals surface area contributed by atoms with Crippen LogP contribution in [0.2, 0.25) is 0 Å². The number of hydrogen-bond acceptors (Lipinski definition) is 3. The van der Waals surface area contributed by atoms with Crippen LogP contribution >= 0.6 is 11.6 Å². The summed E-state index contributed by atoms with van der Waals surface area (Å²) in [5, 5.41) is 0. The van der Waals surface area contributed by atoms with E-state index in [1.54, 1.807) is 0 Å². The highest BCUT2D eigenvalue weighted by atomic mass is 35.5. The van der Waals surface area contributed by atoms with Crippen LogP contribution < -0.4 is 0 Å². The Labute approximate surface area is 97.7 Å². The summed E-state index contributed by atoms with van der Waals surface area (Å²) in [6.45, 7) is 10.7. The first kappa shape index (κ1) is 13.2. The van der Waals surface area contributed by atoms with Gasteiger partial charge < -0.3 is 9.47 Å². The molecule has 90 valence electrons. The lowest BCUT2D eigenvalue weighted by Crippen LogP contribution is -2.45. The summed E-state index contributed by atoms with van der Waals surface area (Å²) in [4.78, 5) is 2.35. The molecule has 0 bridgehead atoms. The molecule has 1 aliphatic rings. The number of hydrogen-bond donors (Lipinski definition) is 0. The number of alkyl halides is 1. The van der Waals surface area contributed by atoms with Crippen molar-refractivity contribution in [3.8, 4) is 0 Å². The highest BCUT2D eigenvalue weighted by molar-refractivity contribution is 6.18. The molecule has 0 amide bonds. The standard InChI is InChI=1S/C11H22ClNO2/c1-11(2,3)15-7-5-13-4-6-14-10(8-12)9-13/h10H,4-9H2,1-3H3. The van der Waals surface area contributed by atoms with E-state index in [2.05, 4.69) is 25.7 Å². The summed E-state index contributed by atoms with van der Waals surface area (Å²) in [5.74, 6) is 0.580. The van der Waals surface area contributed by atoms with Crippen molar-refractivity contribution in [2.75, 3.05) is 38.7 Å². The van der Waals surface area contributed by atoms with Gasteiger partial charge in [-0.25, -0.2) is 0 Å². The summed E-state index contributed by atoms with van der Waals surface area (Å²) in [5.41, 5.74) is -0.0435. The molecule has 1 aliphatic heterocycles. The van der Waals surface area contributed by atoms with E-state index in [0.717, 1.165) is 32.8 Å². The van der Waals surface area contributed by atoms with E-state index in [1.807, 2.05) is 0 Å². The minimum Gasteiger partial charge on any atom is -0.375 e. The van der Waals surface area contributed by atoms with Crippen molar-refractivity contribution >= 4 is 11.6 Å². The summed E-state index contributed by atoms with van der Waals surface area (Å²) in [6.07, 6.45) is 0.190. The second-order valence-electron chi connectivity index (χ2n) is 4.91. The maximum Gasteiger partial charge on any atom is 0.0837 e. The van der Waals surface area contributed by atoms with Gasteiger partial charge >= 0.3 is 0 Å². The molecule has 1 saturated heterocycles. The van der Waals surface area contributed by atoms with Crippen LogP contribution in [0.25, 0.3) is 0 Å². The van der Waals surface area contributed by atoms with Crippen molar-refractivity contribution < 1.29 is 9.47 Å². The van der Waals surface area contributed by atoms with Crippen LogP contribution in [0, 0.1) is 0 Å². The third kappa shape index (κ3) is 5.71. The predicted octanol–water partition coefficient (Wildman–Crippen LogP) is 1.74. The summed E-state index contributed by atoms with van der Waals surface area (Å²) >= 11 is 5.77. The van der Waals surface area contributed by atoms with Crippen LogP contribution in [-0.2, 0) is 9.47 Å². The van der Waals surface area contributed by atoms with Crippen LogP contribution in [0.5, 0.6) is 0 Å². The molecular formula is C11H22ClNO2. The van der Waals surface area contributed by atoms with Crippen LogP contribution in [0.4, 0.5) is 0 Å². The van der Waals surface area contributed by atoms with E-state index in [4.69, 9.17) is 21.1 Å². The van der Waals surface area contributed by atoms with Gasteiger partial charge in [-0.15, -0.1) is 11.6 Å². The molecule has 0 aromatic heterocycles. The maximum absolute atomic E-state index is 5.77. The van der Waals surface area contributed by atoms with Crippen molar-refractivity contribution in [2.45, 2.75) is 32.5 Å². The molecule has 0 aromatic carbocycles. The van der Waals surface area contributed by atoms with E-state index >= 15 is 0 Å². The third-order valence-corrected chi connectivity index (χ3v) is 2.68. The molecule has 1 fully saturated rings. The number of ether oxygens (including phenoxy) is 2. The van der Waals surface area contributed by atoms with Gasteiger partial charge in [0.05, 0.1) is 24.9 Å². The van der Waals surface area contributed by atoms with Crippen LogP contribution in [-0.4, -0.2) is 55.3 Å². The Morgan fingerprint density at radius 3 is 2.80 bits per heavy atom. The number of nitrogens with zero attached hydrogens (tertiary/aromatic N) is 1. The van der Waals surface area contributed by atoms with Gasteiger partial charge in [-0.2, -0.15) is 0 Å². The van der Waals surface area contributed by atoms with Gasteiger partial charge in [0.25, 0.3) is 0 Å². The minimum absolute atomic E-state index is 0.0435. The van der Waals surface area contributed by atoms with Gasteiger partial charge in [-0.3, -0.25) is 4.90 Å². The molecular weight excluding hydrogens is 214 g/mol. The van der Waals surface area contributed by atoms with Gasteiger partial charge in [0.1, 0.15) is 0 Å². The van der Waals surface area contributed by atoms with E-state index in [0.29, 0.717) is 5.88 Å². The monoisotopic (exact) mass is 235 g/mol. The molecule has 1 unspecified atom stereocenters. The van der Waals surface area contributed by atoms with E-state index in [9.17, 15) is 0 Å². The molecule has 1 heterocycles. The molecule has 0 radical (unpaired) electrons. The van der Waals surface area contributed by atoms with Gasteiger partial charge in [0, 0.05) is 25.5 Å². The lowest BCUT2D eigenvalue weighted by molar-refractivity contribution is -0.0471. The molecule has 0 aliphatic carbocycles. The molecule has 1 rings (SSSR count). The lowest BCUT2D eigenvalue weighted by Gasteiger charge is -2.32. The Hall–Kier alpha value is 0.170. The molecule has 0 spiro atoms. The normalized spacial score (nSPS) is 24.4. The second-order valence-corrected chi connectivity index (χ2v) is 5.22. The van der Waals surface area contributed by atoms with Crippen molar-refractivity contribution in [2.24, 2.45) is 0 Å². The predicted molar refractivity (Wildman–Crippen MR) is 62.6 cm³/mol. The van der Waals surface area contributed by atoms with Gasteiger partial charge in [-0.05, 0) is 20.8 Å². The largest absolute Gasteiger partial charge is 0.375 e. The lowest BCUT2D eigenvalue weighted by atomic mass is 10.2. The quantitative estimate of drug-likeness (QED) is 0.693. The average Bonchev–Trinajstić information content (AvgIpc) is 2.16. The second kappa shape index (κ2) is 6.04. The van der Waals surface area contributed by atoms with Crippen LogP contribution in [0.15, 0.2) is 0 Å². The molecule has 3 nitrogen and oxygen atoms in total. The summed E-state index contributed by atoms with van der Waals surface area (Å²) < 4.78 is 11.2. The first-order valence-corrected chi connectivity index (χ1v) is 6.08. The van der Waals surface area contributed by atoms with Gasteiger partial charge in [0.2, 0.25) is 0 Å². The number of halogens is 1. The Bertz CT molecular complexity index is 182. The molecule has 0 saturated carbocycles. The smallest absolute Gasteiger partial charge is 0.0837 e. The fourth-order valence-corrected chi connectivity index (χ4v) is 1.74. The van der Waals surface area contributed by atoms with E-state index in [-0.39, 0.29) is 11.7 Å². The zero-order valence-electron chi connectivity index (χ0n) is 9.96. The van der Waals surface area contributed by atoms with Crippen molar-refractivity contribution in [1.82, 2.24) is 4.90 Å². The maximum atomic E-state index is 5.77. The van der Waals surface area contributed by atoms with Gasteiger partial charge in [-0.1, -0.05) is 0 Å². The van der Waals surface area contributed by atoms with Crippen molar-refractivity contribution in [3.63, 3.8) is 0 Å². The highest BCUT2D eigenvalue weighted by Gasteiger charge is 2.19. The Morgan fingerprint density at radius 1 is 1.47 bits per heavy atom. The topological polar surface area (TPSA) is 21.7 Å². The number of rotatable bonds is 4. The summed E-state index contributed by atoms with van der Waals surface area (Å²) in [6, 6.07) is 0. The van der Waals surface area contributed by atoms with Crippen LogP contribution in [0.3, 0.4) is 0 Å². The van der Waals surface area contributed by atoms with Crippen molar-refractivity contribution in [3.05, 3.63) is 0 Å². The fraction of sp³-hybridized carbons (Fsp3) is 1.00. The zero-order chi connectivity index (χ0) is 11.3. The highest BCUT2D eigenvalue weighted by Crippen LogP contribution is 2.09. The van der Waals surface area contributed by atoms with E-state index < -0.39 is 0 Å². The Kier molecular flexibility index (Phi) is 5.33. The number of morpholine rings is 1. The molecule has 4 heteroatoms. The molecule has 0 N–H and O–H groups in total. The molecule has 1 atom stereocenters. The third-order valence-electron chi connectivity index (χ3n) is 2.34. The van der Waals surface area contributed by atoms with Crippen LogP contribution in [0.1, 0.15) is 20.8 Å². The Balaban J connectivity index is 2.15. The first-order valence-electron chi connectivity index (χ1n) is 5.55. The Morgan fingerprint density at radius 2 is 2.20 bits per heavy atom. The average molecular weight is 236 g/mol. The van der Waals surface area contributed by atoms with E-state index in [1.165, 1.54) is 0 Å². The molecule has 0 aromatic rings. The van der Waals surface area contributed by atoms with Gasteiger partial charge in [0.15, 0.2) is 0 Å². The van der Waals surface area contributed by atoms with Crippen molar-refractivity contribution in [1.29, 1.82) is 0 Å². The fourth-order valence-electron chi connectivity index (χ4n) is 1.56. The first-order chi connectivity index (χ1) is 7.01. The SMILES string of the molecule is CC(C)(C)OCCN1CCOC(CCl)C1. The minimum atomic E-state index is -0.0435. The molecule has 15 heavy (non-hydrogen) atoms.